The van der Waals surface area contributed by atoms with Gasteiger partial charge in [-0.2, -0.15) is 0 Å². The second-order valence-electron chi connectivity index (χ2n) is 5.83. The van der Waals surface area contributed by atoms with Crippen molar-refractivity contribution in [2.24, 2.45) is 0 Å². The molecular weight excluding hydrogens is 264 g/mol. The third-order valence-electron chi connectivity index (χ3n) is 3.34. The van der Waals surface area contributed by atoms with Crippen LogP contribution in [-0.2, 0) is 9.53 Å². The topological polar surface area (TPSA) is 35.5 Å². The molecule has 0 amide bonds. The summed E-state index contributed by atoms with van der Waals surface area (Å²) in [6.07, 6.45) is 7.07. The first-order valence-corrected chi connectivity index (χ1v) is 7.97. The molecule has 3 heteroatoms. The van der Waals surface area contributed by atoms with Crippen molar-refractivity contribution in [1.29, 1.82) is 0 Å². The number of ether oxygens (including phenoxy) is 2. The maximum absolute atomic E-state index is 12.1. The van der Waals surface area contributed by atoms with E-state index in [1.807, 2.05) is 30.3 Å². The molecule has 0 spiro atoms. The van der Waals surface area contributed by atoms with Crippen LogP contribution in [-0.4, -0.2) is 18.2 Å². The van der Waals surface area contributed by atoms with Gasteiger partial charge in [-0.15, -0.1) is 0 Å². The lowest BCUT2D eigenvalue weighted by Gasteiger charge is -2.24. The number of carbonyl (C=O) groups excluding carboxylic acids is 1. The van der Waals surface area contributed by atoms with Gasteiger partial charge >= 0.3 is 5.97 Å². The highest BCUT2D eigenvalue weighted by Gasteiger charge is 2.31. The van der Waals surface area contributed by atoms with Gasteiger partial charge in [0.05, 0.1) is 6.61 Å². The lowest BCUT2D eigenvalue weighted by atomic mass is 10.1. The van der Waals surface area contributed by atoms with Gasteiger partial charge in [0.15, 0.2) is 5.60 Å². The smallest absolute Gasteiger partial charge is 0.349 e. The first kappa shape index (κ1) is 17.5. The molecule has 0 aliphatic heterocycles. The number of esters is 1. The Bertz CT molecular complexity index is 398. The molecule has 0 saturated carbocycles. The SMILES string of the molecule is CCCCCCCCOC(=O)C(C)(C)Oc1ccccc1. The minimum Gasteiger partial charge on any atom is -0.476 e. The van der Waals surface area contributed by atoms with Crippen LogP contribution in [0.2, 0.25) is 0 Å². The molecule has 1 aromatic rings. The molecule has 3 nitrogen and oxygen atoms in total. The van der Waals surface area contributed by atoms with Crippen LogP contribution in [0.25, 0.3) is 0 Å². The Morgan fingerprint density at radius 2 is 1.62 bits per heavy atom. The standard InChI is InChI=1S/C18H28O3/c1-4-5-6-7-8-12-15-20-17(19)18(2,3)21-16-13-10-9-11-14-16/h9-11,13-14H,4-8,12,15H2,1-3H3. The largest absolute Gasteiger partial charge is 0.476 e. The van der Waals surface area contributed by atoms with Gasteiger partial charge in [0.2, 0.25) is 0 Å². The third kappa shape index (κ3) is 7.16. The van der Waals surface area contributed by atoms with Crippen molar-refractivity contribution in [3.05, 3.63) is 30.3 Å². The lowest BCUT2D eigenvalue weighted by molar-refractivity contribution is -0.159. The Morgan fingerprint density at radius 3 is 2.29 bits per heavy atom. The number of unbranched alkanes of at least 4 members (excludes halogenated alkanes) is 5. The molecule has 21 heavy (non-hydrogen) atoms. The molecule has 1 rings (SSSR count). The van der Waals surface area contributed by atoms with E-state index in [4.69, 9.17) is 9.47 Å². The molecule has 0 fully saturated rings. The van der Waals surface area contributed by atoms with Gasteiger partial charge in [-0.05, 0) is 32.4 Å². The number of hydrogen-bond acceptors (Lipinski definition) is 3. The van der Waals surface area contributed by atoms with Crippen LogP contribution < -0.4 is 4.74 Å². The Hall–Kier alpha value is -1.51. The number of rotatable bonds is 10. The minimum absolute atomic E-state index is 0.306. The predicted octanol–water partition coefficient (Wildman–Crippen LogP) is 4.75. The maximum atomic E-state index is 12.1. The fourth-order valence-electron chi connectivity index (χ4n) is 2.05. The highest BCUT2D eigenvalue weighted by molar-refractivity contribution is 5.79. The molecule has 1 aromatic carbocycles. The fraction of sp³-hybridized carbons (Fsp3) is 0.611. The Labute approximate surface area is 128 Å². The monoisotopic (exact) mass is 292 g/mol. The molecule has 0 aliphatic rings. The van der Waals surface area contributed by atoms with Crippen LogP contribution in [0.5, 0.6) is 5.75 Å². The van der Waals surface area contributed by atoms with Crippen molar-refractivity contribution in [3.8, 4) is 5.75 Å². The maximum Gasteiger partial charge on any atom is 0.349 e. The number of hydrogen-bond donors (Lipinski definition) is 0. The molecule has 0 radical (unpaired) electrons. The zero-order valence-electron chi connectivity index (χ0n) is 13.6. The van der Waals surface area contributed by atoms with E-state index in [1.54, 1.807) is 13.8 Å². The van der Waals surface area contributed by atoms with Gasteiger partial charge in [0.25, 0.3) is 0 Å². The summed E-state index contributed by atoms with van der Waals surface area (Å²) in [5, 5.41) is 0. The number of carbonyl (C=O) groups is 1. The van der Waals surface area contributed by atoms with Crippen LogP contribution in [0.15, 0.2) is 30.3 Å². The molecular formula is C18H28O3. The normalized spacial score (nSPS) is 11.2. The molecule has 0 bridgehead atoms. The third-order valence-corrected chi connectivity index (χ3v) is 3.34. The summed E-state index contributed by atoms with van der Waals surface area (Å²) in [4.78, 5) is 12.1. The van der Waals surface area contributed by atoms with Gasteiger partial charge < -0.3 is 9.47 Å². The summed E-state index contributed by atoms with van der Waals surface area (Å²) in [7, 11) is 0. The zero-order chi connectivity index (χ0) is 15.6. The quantitative estimate of drug-likeness (QED) is 0.461. The Kier molecular flexibility index (Phi) is 7.88. The fourth-order valence-corrected chi connectivity index (χ4v) is 2.05. The minimum atomic E-state index is -0.955. The Balaban J connectivity index is 2.24. The highest BCUT2D eigenvalue weighted by Crippen LogP contribution is 2.19. The first-order valence-electron chi connectivity index (χ1n) is 7.97. The van der Waals surface area contributed by atoms with Crippen LogP contribution in [0.4, 0.5) is 0 Å². The van der Waals surface area contributed by atoms with E-state index in [2.05, 4.69) is 6.92 Å². The zero-order valence-corrected chi connectivity index (χ0v) is 13.6. The molecule has 0 N–H and O–H groups in total. The van der Waals surface area contributed by atoms with Crippen LogP contribution in [0.3, 0.4) is 0 Å². The molecule has 0 aliphatic carbocycles. The second kappa shape index (κ2) is 9.43. The van der Waals surface area contributed by atoms with Crippen LogP contribution in [0.1, 0.15) is 59.3 Å². The molecule has 0 unspecified atom stereocenters. The molecule has 0 aromatic heterocycles. The lowest BCUT2D eigenvalue weighted by Crippen LogP contribution is -2.39. The number of para-hydroxylation sites is 1. The van der Waals surface area contributed by atoms with E-state index < -0.39 is 5.60 Å². The summed E-state index contributed by atoms with van der Waals surface area (Å²) in [5.41, 5.74) is -0.955. The molecule has 0 atom stereocenters. The van der Waals surface area contributed by atoms with Crippen molar-refractivity contribution in [2.45, 2.75) is 64.9 Å². The van der Waals surface area contributed by atoms with E-state index in [1.165, 1.54) is 25.7 Å². The van der Waals surface area contributed by atoms with Crippen LogP contribution >= 0.6 is 0 Å². The van der Waals surface area contributed by atoms with Gasteiger partial charge in [0, 0.05) is 0 Å². The van der Waals surface area contributed by atoms with E-state index in [9.17, 15) is 4.79 Å². The highest BCUT2D eigenvalue weighted by atomic mass is 16.6. The van der Waals surface area contributed by atoms with Gasteiger partial charge in [-0.3, -0.25) is 0 Å². The van der Waals surface area contributed by atoms with Crippen LogP contribution in [0, 0.1) is 0 Å². The number of benzene rings is 1. The second-order valence-corrected chi connectivity index (χ2v) is 5.83. The van der Waals surface area contributed by atoms with E-state index in [0.717, 1.165) is 12.8 Å². The molecule has 118 valence electrons. The first-order chi connectivity index (χ1) is 10.1. The van der Waals surface area contributed by atoms with E-state index >= 15 is 0 Å². The summed E-state index contributed by atoms with van der Waals surface area (Å²) in [6, 6.07) is 9.35. The molecule has 0 heterocycles. The van der Waals surface area contributed by atoms with Gasteiger partial charge in [0.1, 0.15) is 5.75 Å². The van der Waals surface area contributed by atoms with Crippen molar-refractivity contribution < 1.29 is 14.3 Å². The van der Waals surface area contributed by atoms with E-state index in [0.29, 0.717) is 12.4 Å². The molecule has 0 saturated heterocycles. The van der Waals surface area contributed by atoms with Crippen molar-refractivity contribution >= 4 is 5.97 Å². The van der Waals surface area contributed by atoms with Crippen molar-refractivity contribution in [3.63, 3.8) is 0 Å². The summed E-state index contributed by atoms with van der Waals surface area (Å²) >= 11 is 0. The summed E-state index contributed by atoms with van der Waals surface area (Å²) in [6.45, 7) is 6.16. The Morgan fingerprint density at radius 1 is 1.00 bits per heavy atom. The average molecular weight is 292 g/mol. The van der Waals surface area contributed by atoms with Crippen molar-refractivity contribution in [1.82, 2.24) is 0 Å². The summed E-state index contributed by atoms with van der Waals surface area (Å²) in [5.74, 6) is 0.374. The van der Waals surface area contributed by atoms with Crippen molar-refractivity contribution in [2.75, 3.05) is 6.61 Å². The van der Waals surface area contributed by atoms with Gasteiger partial charge in [-0.25, -0.2) is 4.79 Å². The van der Waals surface area contributed by atoms with E-state index in [-0.39, 0.29) is 5.97 Å². The average Bonchev–Trinajstić information content (AvgIpc) is 2.46. The van der Waals surface area contributed by atoms with Gasteiger partial charge in [-0.1, -0.05) is 57.2 Å². The predicted molar refractivity (Wildman–Crippen MR) is 85.5 cm³/mol. The summed E-state index contributed by atoms with van der Waals surface area (Å²) < 4.78 is 11.0.